The molecule has 0 bridgehead atoms. The molecule has 0 aromatic heterocycles. The SMILES string of the molecule is CCCC#CCCc1cc(C(F)(F)F)ccc1OCCC. The van der Waals surface area contributed by atoms with Crippen LogP contribution in [0.3, 0.4) is 0 Å². The highest BCUT2D eigenvalue weighted by Gasteiger charge is 2.31. The van der Waals surface area contributed by atoms with Crippen molar-refractivity contribution in [1.29, 1.82) is 0 Å². The molecule has 4 heteroatoms. The Morgan fingerprint density at radius 3 is 2.38 bits per heavy atom. The molecule has 0 aliphatic heterocycles. The van der Waals surface area contributed by atoms with Crippen molar-refractivity contribution in [3.63, 3.8) is 0 Å². The Morgan fingerprint density at radius 1 is 1.05 bits per heavy atom. The molecule has 1 aromatic rings. The van der Waals surface area contributed by atoms with Gasteiger partial charge in [0.15, 0.2) is 0 Å². The summed E-state index contributed by atoms with van der Waals surface area (Å²) in [7, 11) is 0. The molecule has 21 heavy (non-hydrogen) atoms. The smallest absolute Gasteiger partial charge is 0.416 e. The summed E-state index contributed by atoms with van der Waals surface area (Å²) in [5.41, 5.74) is -0.0630. The van der Waals surface area contributed by atoms with E-state index >= 15 is 0 Å². The van der Waals surface area contributed by atoms with E-state index in [-0.39, 0.29) is 0 Å². The van der Waals surface area contributed by atoms with Gasteiger partial charge in [-0.05, 0) is 43.0 Å². The first-order valence-corrected chi connectivity index (χ1v) is 7.27. The average Bonchev–Trinajstić information content (AvgIpc) is 2.44. The molecule has 0 atom stereocenters. The molecular formula is C17H21F3O. The Morgan fingerprint density at radius 2 is 1.76 bits per heavy atom. The van der Waals surface area contributed by atoms with Crippen LogP contribution in [0.5, 0.6) is 5.75 Å². The van der Waals surface area contributed by atoms with Crippen LogP contribution in [-0.2, 0) is 12.6 Å². The van der Waals surface area contributed by atoms with Crippen molar-refractivity contribution in [2.45, 2.75) is 52.1 Å². The summed E-state index contributed by atoms with van der Waals surface area (Å²) >= 11 is 0. The molecule has 0 fully saturated rings. The van der Waals surface area contributed by atoms with Gasteiger partial charge in [0.1, 0.15) is 5.75 Å². The molecule has 0 aliphatic carbocycles. The van der Waals surface area contributed by atoms with E-state index in [0.29, 0.717) is 30.8 Å². The molecule has 0 N–H and O–H groups in total. The second-order valence-electron chi connectivity index (χ2n) is 4.77. The molecule has 0 radical (unpaired) electrons. The number of halogens is 3. The molecule has 0 aliphatic rings. The lowest BCUT2D eigenvalue weighted by Crippen LogP contribution is -2.07. The van der Waals surface area contributed by atoms with Crippen molar-refractivity contribution in [2.24, 2.45) is 0 Å². The van der Waals surface area contributed by atoms with Crippen molar-refractivity contribution in [3.05, 3.63) is 29.3 Å². The summed E-state index contributed by atoms with van der Waals surface area (Å²) in [6.45, 7) is 4.50. The van der Waals surface area contributed by atoms with Gasteiger partial charge in [-0.2, -0.15) is 13.2 Å². The van der Waals surface area contributed by atoms with Crippen LogP contribution in [0.2, 0.25) is 0 Å². The van der Waals surface area contributed by atoms with Gasteiger partial charge in [0.25, 0.3) is 0 Å². The van der Waals surface area contributed by atoms with Crippen LogP contribution in [0.4, 0.5) is 13.2 Å². The highest BCUT2D eigenvalue weighted by molar-refractivity contribution is 5.39. The number of rotatable bonds is 6. The summed E-state index contributed by atoms with van der Waals surface area (Å²) < 4.78 is 43.8. The second-order valence-corrected chi connectivity index (χ2v) is 4.77. The zero-order valence-electron chi connectivity index (χ0n) is 12.5. The minimum Gasteiger partial charge on any atom is -0.493 e. The minimum atomic E-state index is -4.33. The van der Waals surface area contributed by atoms with Crippen LogP contribution in [0.15, 0.2) is 18.2 Å². The standard InChI is InChI=1S/C17H21F3O/c1-3-5-6-7-8-9-14-13-15(17(18,19)20)10-11-16(14)21-12-4-2/h10-11,13H,3-5,8-9,12H2,1-2H3. The lowest BCUT2D eigenvalue weighted by Gasteiger charge is -2.13. The number of ether oxygens (including phenoxy) is 1. The Balaban J connectivity index is 2.87. The van der Waals surface area contributed by atoms with E-state index in [1.165, 1.54) is 12.1 Å². The predicted octanol–water partition coefficient (Wildman–Crippen LogP) is 5.23. The van der Waals surface area contributed by atoms with Crippen molar-refractivity contribution >= 4 is 0 Å². The molecule has 1 nitrogen and oxygen atoms in total. The van der Waals surface area contributed by atoms with Crippen molar-refractivity contribution in [2.75, 3.05) is 6.61 Å². The van der Waals surface area contributed by atoms with Crippen LogP contribution in [0.1, 0.15) is 50.7 Å². The maximum atomic E-state index is 12.8. The third-order valence-corrected chi connectivity index (χ3v) is 2.87. The van der Waals surface area contributed by atoms with Crippen molar-refractivity contribution in [3.8, 4) is 17.6 Å². The lowest BCUT2D eigenvalue weighted by atomic mass is 10.0. The van der Waals surface area contributed by atoms with Crippen LogP contribution >= 0.6 is 0 Å². The first kappa shape index (κ1) is 17.4. The van der Waals surface area contributed by atoms with E-state index in [4.69, 9.17) is 4.74 Å². The molecule has 0 heterocycles. The van der Waals surface area contributed by atoms with E-state index in [1.54, 1.807) is 0 Å². The quantitative estimate of drug-likeness (QED) is 0.653. The van der Waals surface area contributed by atoms with Gasteiger partial charge in [-0.25, -0.2) is 0 Å². The number of alkyl halides is 3. The number of hydrogen-bond donors (Lipinski definition) is 0. The molecule has 0 unspecified atom stereocenters. The number of benzene rings is 1. The first-order chi connectivity index (χ1) is 9.99. The van der Waals surface area contributed by atoms with E-state index < -0.39 is 11.7 Å². The van der Waals surface area contributed by atoms with Gasteiger partial charge in [0.2, 0.25) is 0 Å². The molecular weight excluding hydrogens is 277 g/mol. The van der Waals surface area contributed by atoms with Gasteiger partial charge in [-0.3, -0.25) is 0 Å². The van der Waals surface area contributed by atoms with Gasteiger partial charge in [0, 0.05) is 12.8 Å². The van der Waals surface area contributed by atoms with Gasteiger partial charge >= 0.3 is 6.18 Å². The molecule has 0 saturated heterocycles. The summed E-state index contributed by atoms with van der Waals surface area (Å²) in [4.78, 5) is 0. The first-order valence-electron chi connectivity index (χ1n) is 7.27. The normalized spacial score (nSPS) is 10.9. The number of aryl methyl sites for hydroxylation is 1. The third kappa shape index (κ3) is 6.12. The van der Waals surface area contributed by atoms with Crippen LogP contribution in [-0.4, -0.2) is 6.61 Å². The van der Waals surface area contributed by atoms with E-state index in [2.05, 4.69) is 11.8 Å². The van der Waals surface area contributed by atoms with Crippen LogP contribution in [0.25, 0.3) is 0 Å². The van der Waals surface area contributed by atoms with Crippen molar-refractivity contribution in [1.82, 2.24) is 0 Å². The number of unbranched alkanes of at least 4 members (excludes halogenated alkanes) is 1. The van der Waals surface area contributed by atoms with Gasteiger partial charge in [-0.15, -0.1) is 11.8 Å². The maximum Gasteiger partial charge on any atom is 0.416 e. The number of hydrogen-bond acceptors (Lipinski definition) is 1. The predicted molar refractivity (Wildman–Crippen MR) is 78.2 cm³/mol. The highest BCUT2D eigenvalue weighted by Crippen LogP contribution is 2.33. The van der Waals surface area contributed by atoms with E-state index in [9.17, 15) is 13.2 Å². The summed E-state index contributed by atoms with van der Waals surface area (Å²) in [6, 6.07) is 3.65. The molecule has 1 aromatic carbocycles. The second kappa shape index (κ2) is 8.61. The maximum absolute atomic E-state index is 12.8. The van der Waals surface area contributed by atoms with E-state index in [0.717, 1.165) is 25.3 Å². The summed E-state index contributed by atoms with van der Waals surface area (Å²) in [5.74, 6) is 6.52. The Hall–Kier alpha value is -1.63. The fourth-order valence-corrected chi connectivity index (χ4v) is 1.80. The van der Waals surface area contributed by atoms with Gasteiger partial charge in [0.05, 0.1) is 12.2 Å². The molecule has 116 valence electrons. The molecule has 0 spiro atoms. The highest BCUT2D eigenvalue weighted by atomic mass is 19.4. The van der Waals surface area contributed by atoms with Gasteiger partial charge in [-0.1, -0.05) is 13.8 Å². The molecule has 1 rings (SSSR count). The third-order valence-electron chi connectivity index (χ3n) is 2.87. The Kier molecular flexibility index (Phi) is 7.14. The van der Waals surface area contributed by atoms with E-state index in [1.807, 2.05) is 13.8 Å². The topological polar surface area (TPSA) is 9.23 Å². The van der Waals surface area contributed by atoms with Gasteiger partial charge < -0.3 is 4.74 Å². The molecule has 0 amide bonds. The summed E-state index contributed by atoms with van der Waals surface area (Å²) in [5, 5.41) is 0. The Bertz CT molecular complexity index is 495. The Labute approximate surface area is 124 Å². The average molecular weight is 298 g/mol. The lowest BCUT2D eigenvalue weighted by molar-refractivity contribution is -0.137. The van der Waals surface area contributed by atoms with Crippen molar-refractivity contribution < 1.29 is 17.9 Å². The molecule has 0 saturated carbocycles. The fourth-order valence-electron chi connectivity index (χ4n) is 1.80. The summed E-state index contributed by atoms with van der Waals surface area (Å²) in [6.07, 6.45) is -0.685. The zero-order valence-corrected chi connectivity index (χ0v) is 12.5. The largest absolute Gasteiger partial charge is 0.493 e. The van der Waals surface area contributed by atoms with Crippen LogP contribution in [0, 0.1) is 11.8 Å². The zero-order chi connectivity index (χ0) is 15.7. The van der Waals surface area contributed by atoms with Crippen LogP contribution < -0.4 is 4.74 Å². The minimum absolute atomic E-state index is 0.472. The monoisotopic (exact) mass is 298 g/mol. The fraction of sp³-hybridized carbons (Fsp3) is 0.529.